The van der Waals surface area contributed by atoms with E-state index in [1.165, 1.54) is 32.7 Å². The molecule has 1 aromatic rings. The zero-order valence-electron chi connectivity index (χ0n) is 13.5. The highest BCUT2D eigenvalue weighted by Gasteiger charge is 2.35. The van der Waals surface area contributed by atoms with Crippen molar-refractivity contribution in [1.82, 2.24) is 14.7 Å². The lowest BCUT2D eigenvalue weighted by molar-refractivity contribution is -0.114. The first-order valence-electron chi connectivity index (χ1n) is 8.20. The molecule has 2 fully saturated rings. The summed E-state index contributed by atoms with van der Waals surface area (Å²) in [5.74, 6) is 0.806. The van der Waals surface area contributed by atoms with E-state index in [4.69, 9.17) is 4.74 Å². The lowest BCUT2D eigenvalue weighted by atomic mass is 9.85. The van der Waals surface area contributed by atoms with E-state index in [0.717, 1.165) is 31.2 Å². The number of hydrogen-bond donors (Lipinski definition) is 1. The molecule has 6 heteroatoms. The van der Waals surface area contributed by atoms with Gasteiger partial charge in [-0.25, -0.2) is 0 Å². The van der Waals surface area contributed by atoms with Gasteiger partial charge in [-0.15, -0.1) is 0 Å². The van der Waals surface area contributed by atoms with Crippen LogP contribution in [-0.4, -0.2) is 53.4 Å². The molecule has 0 unspecified atom stereocenters. The van der Waals surface area contributed by atoms with E-state index < -0.39 is 0 Å². The highest BCUT2D eigenvalue weighted by atomic mass is 16.5. The first kappa shape index (κ1) is 15.5. The SMILES string of the molecule is COC[C@@H]1C[C@H](n2cc(NC(C)=O)cn2)CN1CC1CCC1. The second-order valence-corrected chi connectivity index (χ2v) is 6.64. The normalized spacial score (nSPS) is 26.1. The number of carbonyl (C=O) groups excluding carboxylic acids is 1. The Balaban J connectivity index is 1.63. The third kappa shape index (κ3) is 3.50. The molecular formula is C16H26N4O2. The van der Waals surface area contributed by atoms with Gasteiger partial charge in [0.25, 0.3) is 0 Å². The number of nitrogens with one attached hydrogen (secondary N) is 1. The second-order valence-electron chi connectivity index (χ2n) is 6.64. The summed E-state index contributed by atoms with van der Waals surface area (Å²) in [6.45, 7) is 4.50. The van der Waals surface area contributed by atoms with Crippen molar-refractivity contribution < 1.29 is 9.53 Å². The Morgan fingerprint density at radius 3 is 2.95 bits per heavy atom. The highest BCUT2D eigenvalue weighted by Crippen LogP contribution is 2.33. The molecule has 2 atom stereocenters. The smallest absolute Gasteiger partial charge is 0.221 e. The molecule has 0 aromatic carbocycles. The number of ether oxygens (including phenoxy) is 1. The number of anilines is 1. The predicted octanol–water partition coefficient (Wildman–Crippen LogP) is 1.90. The van der Waals surface area contributed by atoms with Gasteiger partial charge in [0.05, 0.1) is 24.5 Å². The Kier molecular flexibility index (Phi) is 4.78. The Hall–Kier alpha value is -1.40. The lowest BCUT2D eigenvalue weighted by Gasteiger charge is -2.33. The van der Waals surface area contributed by atoms with Gasteiger partial charge in [-0.1, -0.05) is 6.42 Å². The monoisotopic (exact) mass is 306 g/mol. The van der Waals surface area contributed by atoms with Crippen molar-refractivity contribution >= 4 is 11.6 Å². The lowest BCUT2D eigenvalue weighted by Crippen LogP contribution is -2.38. The number of amides is 1. The Morgan fingerprint density at radius 1 is 1.50 bits per heavy atom. The molecular weight excluding hydrogens is 280 g/mol. The topological polar surface area (TPSA) is 59.4 Å². The van der Waals surface area contributed by atoms with Crippen LogP contribution in [0.25, 0.3) is 0 Å². The number of hydrogen-bond acceptors (Lipinski definition) is 4. The maximum absolute atomic E-state index is 11.1. The maximum Gasteiger partial charge on any atom is 0.221 e. The van der Waals surface area contributed by atoms with Crippen molar-refractivity contribution in [1.29, 1.82) is 0 Å². The molecule has 1 aromatic heterocycles. The van der Waals surface area contributed by atoms with Crippen molar-refractivity contribution in [3.63, 3.8) is 0 Å². The van der Waals surface area contributed by atoms with Crippen LogP contribution in [0.4, 0.5) is 5.69 Å². The van der Waals surface area contributed by atoms with Gasteiger partial charge in [0.1, 0.15) is 0 Å². The molecule has 0 radical (unpaired) electrons. The fraction of sp³-hybridized carbons (Fsp3) is 0.750. The molecule has 0 spiro atoms. The molecule has 2 heterocycles. The molecule has 1 saturated heterocycles. The van der Waals surface area contributed by atoms with Crippen LogP contribution in [0.1, 0.15) is 38.6 Å². The molecule has 0 bridgehead atoms. The van der Waals surface area contributed by atoms with Gasteiger partial charge in [-0.3, -0.25) is 14.4 Å². The number of aromatic nitrogens is 2. The van der Waals surface area contributed by atoms with Crippen LogP contribution < -0.4 is 5.32 Å². The van der Waals surface area contributed by atoms with Crippen molar-refractivity contribution in [2.24, 2.45) is 5.92 Å². The van der Waals surface area contributed by atoms with Gasteiger partial charge >= 0.3 is 0 Å². The number of rotatable bonds is 6. The number of likely N-dealkylation sites (tertiary alicyclic amines) is 1. The maximum atomic E-state index is 11.1. The van der Waals surface area contributed by atoms with Crippen molar-refractivity contribution in [3.8, 4) is 0 Å². The third-order valence-electron chi connectivity index (χ3n) is 4.88. The van der Waals surface area contributed by atoms with Crippen LogP contribution in [0, 0.1) is 5.92 Å². The molecule has 1 aliphatic heterocycles. The Morgan fingerprint density at radius 2 is 2.32 bits per heavy atom. The van der Waals surface area contributed by atoms with E-state index >= 15 is 0 Å². The minimum Gasteiger partial charge on any atom is -0.383 e. The molecule has 1 N–H and O–H groups in total. The summed E-state index contributed by atoms with van der Waals surface area (Å²) < 4.78 is 7.40. The largest absolute Gasteiger partial charge is 0.383 e. The quantitative estimate of drug-likeness (QED) is 0.872. The summed E-state index contributed by atoms with van der Waals surface area (Å²) in [6, 6.07) is 0.840. The minimum absolute atomic E-state index is 0.0603. The van der Waals surface area contributed by atoms with Gasteiger partial charge in [-0.2, -0.15) is 5.10 Å². The van der Waals surface area contributed by atoms with Crippen molar-refractivity contribution in [2.75, 3.05) is 32.1 Å². The fourth-order valence-electron chi connectivity index (χ4n) is 3.55. The van der Waals surface area contributed by atoms with Gasteiger partial charge < -0.3 is 10.1 Å². The van der Waals surface area contributed by atoms with E-state index in [-0.39, 0.29) is 5.91 Å². The average molecular weight is 306 g/mol. The third-order valence-corrected chi connectivity index (χ3v) is 4.88. The van der Waals surface area contributed by atoms with Crippen molar-refractivity contribution in [3.05, 3.63) is 12.4 Å². The summed E-state index contributed by atoms with van der Waals surface area (Å²) in [5.41, 5.74) is 0.772. The van der Waals surface area contributed by atoms with Crippen LogP contribution in [0.5, 0.6) is 0 Å². The zero-order valence-corrected chi connectivity index (χ0v) is 13.5. The van der Waals surface area contributed by atoms with E-state index in [1.54, 1.807) is 13.3 Å². The number of methoxy groups -OCH3 is 1. The molecule has 6 nitrogen and oxygen atoms in total. The van der Waals surface area contributed by atoms with E-state index in [2.05, 4.69) is 15.3 Å². The second kappa shape index (κ2) is 6.79. The van der Waals surface area contributed by atoms with Crippen LogP contribution in [-0.2, 0) is 9.53 Å². The first-order valence-corrected chi connectivity index (χ1v) is 8.20. The van der Waals surface area contributed by atoms with E-state index in [0.29, 0.717) is 12.1 Å². The molecule has 3 rings (SSSR count). The average Bonchev–Trinajstić information content (AvgIpc) is 3.01. The summed E-state index contributed by atoms with van der Waals surface area (Å²) in [4.78, 5) is 13.7. The summed E-state index contributed by atoms with van der Waals surface area (Å²) in [5, 5.41) is 7.21. The molecule has 22 heavy (non-hydrogen) atoms. The van der Waals surface area contributed by atoms with Crippen LogP contribution >= 0.6 is 0 Å². The number of carbonyl (C=O) groups is 1. The predicted molar refractivity (Wildman–Crippen MR) is 84.8 cm³/mol. The molecule has 122 valence electrons. The van der Waals surface area contributed by atoms with Crippen molar-refractivity contribution in [2.45, 2.75) is 44.7 Å². The van der Waals surface area contributed by atoms with Crippen LogP contribution in [0.2, 0.25) is 0 Å². The summed E-state index contributed by atoms with van der Waals surface area (Å²) in [6.07, 6.45) is 8.84. The highest BCUT2D eigenvalue weighted by molar-refractivity contribution is 5.88. The van der Waals surface area contributed by atoms with Gasteiger partial charge in [0.2, 0.25) is 5.91 Å². The molecule has 1 aliphatic carbocycles. The fourth-order valence-corrected chi connectivity index (χ4v) is 3.55. The molecule has 2 aliphatic rings. The standard InChI is InChI=1S/C16H26N4O2/c1-12(21)18-14-7-17-20(9-14)15-6-16(11-22-2)19(10-15)8-13-4-3-5-13/h7,9,13,15-16H,3-6,8,10-11H2,1-2H3,(H,18,21)/t15-,16-/m0/s1. The minimum atomic E-state index is -0.0603. The van der Waals surface area contributed by atoms with E-state index in [9.17, 15) is 4.79 Å². The Labute approximate surface area is 131 Å². The van der Waals surface area contributed by atoms with Crippen LogP contribution in [0.3, 0.4) is 0 Å². The molecule has 1 saturated carbocycles. The zero-order chi connectivity index (χ0) is 15.5. The summed E-state index contributed by atoms with van der Waals surface area (Å²) >= 11 is 0. The van der Waals surface area contributed by atoms with Gasteiger partial charge in [0, 0.05) is 39.4 Å². The van der Waals surface area contributed by atoms with Crippen LogP contribution in [0.15, 0.2) is 12.4 Å². The Bertz CT molecular complexity index is 512. The van der Waals surface area contributed by atoms with Gasteiger partial charge in [-0.05, 0) is 25.2 Å². The molecule has 1 amide bonds. The number of nitrogens with zero attached hydrogens (tertiary/aromatic N) is 3. The van der Waals surface area contributed by atoms with E-state index in [1.807, 2.05) is 10.9 Å². The first-order chi connectivity index (χ1) is 10.7. The van der Waals surface area contributed by atoms with Gasteiger partial charge in [0.15, 0.2) is 0 Å². The summed E-state index contributed by atoms with van der Waals surface area (Å²) in [7, 11) is 1.78.